The molecule has 0 saturated carbocycles. The quantitative estimate of drug-likeness (QED) is 0.104. The van der Waals surface area contributed by atoms with Gasteiger partial charge in [0.15, 0.2) is 6.73 Å². The number of halogens is 6. The Bertz CT molecular complexity index is 1480. The van der Waals surface area contributed by atoms with Crippen LogP contribution in [0.4, 0.5) is 32.0 Å². The molecule has 0 bridgehead atoms. The van der Waals surface area contributed by atoms with Crippen molar-refractivity contribution in [1.29, 1.82) is 0 Å². The number of anilines is 1. The number of nitrogens with zero attached hydrogens (tertiary/aromatic N) is 2. The third-order valence-electron chi connectivity index (χ3n) is 5.84. The maximum atomic E-state index is 12.0. The Kier molecular flexibility index (Phi) is 15.7. The van der Waals surface area contributed by atoms with Crippen LogP contribution in [-0.4, -0.2) is 89.4 Å². The third kappa shape index (κ3) is 13.6. The predicted molar refractivity (Wildman–Crippen MR) is 157 cm³/mol. The number of hydrogen-bond acceptors (Lipinski definition) is 9. The summed E-state index contributed by atoms with van der Waals surface area (Å²) in [7, 11) is 4.05. The zero-order valence-corrected chi connectivity index (χ0v) is 25.4. The summed E-state index contributed by atoms with van der Waals surface area (Å²) in [5.74, 6) is -5.05. The first kappa shape index (κ1) is 40.2. The SMILES string of the molecule is CCc1c(CO)cccc1NCOc1c(C(N)=O)cnc2cc(OCCCN(C)C)ccc12.O=C(O)C(F)(F)F.O=C(O)C(F)(F)F. The van der Waals surface area contributed by atoms with E-state index in [1.165, 1.54) is 6.20 Å². The fourth-order valence-corrected chi connectivity index (χ4v) is 3.69. The summed E-state index contributed by atoms with van der Waals surface area (Å²) >= 11 is 0. The Hall–Kier alpha value is -4.84. The van der Waals surface area contributed by atoms with E-state index in [4.69, 9.17) is 35.0 Å². The molecule has 0 fully saturated rings. The number of carbonyl (C=O) groups excluding carboxylic acids is 1. The normalized spacial score (nSPS) is 11.1. The van der Waals surface area contributed by atoms with E-state index < -0.39 is 30.2 Å². The number of fused-ring (bicyclic) bond motifs is 1. The Morgan fingerprint density at radius 3 is 2.06 bits per heavy atom. The lowest BCUT2D eigenvalue weighted by atomic mass is 10.0. The number of carbonyl (C=O) groups is 3. The van der Waals surface area contributed by atoms with Gasteiger partial charge in [-0.15, -0.1) is 0 Å². The van der Waals surface area contributed by atoms with E-state index in [1.807, 2.05) is 57.4 Å². The van der Waals surface area contributed by atoms with E-state index in [0.29, 0.717) is 29.0 Å². The Morgan fingerprint density at radius 2 is 1.57 bits per heavy atom. The molecule has 18 heteroatoms. The van der Waals surface area contributed by atoms with Crippen LogP contribution >= 0.6 is 0 Å². The molecule has 2 aromatic carbocycles. The van der Waals surface area contributed by atoms with Gasteiger partial charge in [-0.05, 0) is 56.3 Å². The van der Waals surface area contributed by atoms with Crippen molar-refractivity contribution in [2.24, 2.45) is 5.73 Å². The highest BCUT2D eigenvalue weighted by atomic mass is 19.4. The number of aliphatic hydroxyl groups is 1. The van der Waals surface area contributed by atoms with E-state index in [1.54, 1.807) is 0 Å². The van der Waals surface area contributed by atoms with E-state index in [0.717, 1.165) is 36.2 Å². The molecular weight excluding hydrogens is 646 g/mol. The minimum Gasteiger partial charge on any atom is -0.493 e. The van der Waals surface area contributed by atoms with Gasteiger partial charge in [-0.25, -0.2) is 9.59 Å². The van der Waals surface area contributed by atoms with E-state index in [9.17, 15) is 36.2 Å². The Labute approximate surface area is 264 Å². The summed E-state index contributed by atoms with van der Waals surface area (Å²) in [6.45, 7) is 3.66. The average Bonchev–Trinajstić information content (AvgIpc) is 2.98. The second-order valence-corrected chi connectivity index (χ2v) is 9.58. The maximum Gasteiger partial charge on any atom is 0.490 e. The van der Waals surface area contributed by atoms with E-state index in [-0.39, 0.29) is 18.9 Å². The molecule has 0 aliphatic heterocycles. The van der Waals surface area contributed by atoms with Gasteiger partial charge in [0.25, 0.3) is 5.91 Å². The molecule has 47 heavy (non-hydrogen) atoms. The van der Waals surface area contributed by atoms with E-state index >= 15 is 0 Å². The van der Waals surface area contributed by atoms with Crippen LogP contribution in [0.15, 0.2) is 42.6 Å². The average molecular weight is 681 g/mol. The number of hydrogen-bond donors (Lipinski definition) is 5. The van der Waals surface area contributed by atoms with Crippen LogP contribution in [0.5, 0.6) is 11.5 Å². The molecule has 0 radical (unpaired) electrons. The monoisotopic (exact) mass is 680 g/mol. The summed E-state index contributed by atoms with van der Waals surface area (Å²) in [6.07, 6.45) is -7.06. The van der Waals surface area contributed by atoms with Gasteiger partial charge in [-0.2, -0.15) is 26.3 Å². The number of carboxylic acid groups (broad SMARTS) is 2. The molecule has 12 nitrogen and oxygen atoms in total. The van der Waals surface area contributed by atoms with Crippen molar-refractivity contribution in [3.05, 3.63) is 59.3 Å². The lowest BCUT2D eigenvalue weighted by Crippen LogP contribution is -2.21. The molecule has 0 unspecified atom stereocenters. The largest absolute Gasteiger partial charge is 0.493 e. The highest BCUT2D eigenvalue weighted by molar-refractivity contribution is 6.01. The van der Waals surface area contributed by atoms with Gasteiger partial charge in [-0.1, -0.05) is 19.1 Å². The highest BCUT2D eigenvalue weighted by Gasteiger charge is 2.38. The minimum atomic E-state index is -5.08. The lowest BCUT2D eigenvalue weighted by molar-refractivity contribution is -0.193. The minimum absolute atomic E-state index is 0.0279. The number of aliphatic hydroxyl groups excluding tert-OH is 1. The van der Waals surface area contributed by atoms with Crippen LogP contribution in [0.2, 0.25) is 0 Å². The zero-order valence-electron chi connectivity index (χ0n) is 25.4. The number of primary amides is 1. The molecule has 1 amide bonds. The molecule has 3 rings (SSSR count). The van der Waals surface area contributed by atoms with Gasteiger partial charge < -0.3 is 40.7 Å². The molecule has 6 N–H and O–H groups in total. The third-order valence-corrected chi connectivity index (χ3v) is 5.84. The van der Waals surface area contributed by atoms with Crippen LogP contribution in [0.25, 0.3) is 10.9 Å². The highest BCUT2D eigenvalue weighted by Crippen LogP contribution is 2.31. The molecule has 0 atom stereocenters. The van der Waals surface area contributed by atoms with Crippen molar-refractivity contribution in [3.63, 3.8) is 0 Å². The number of aliphatic carboxylic acids is 2. The Balaban J connectivity index is 0.000000658. The van der Waals surface area contributed by atoms with Gasteiger partial charge in [-0.3, -0.25) is 9.78 Å². The summed E-state index contributed by atoms with van der Waals surface area (Å²) in [5, 5.41) is 27.7. The second kappa shape index (κ2) is 18.3. The van der Waals surface area contributed by atoms with Crippen LogP contribution < -0.4 is 20.5 Å². The summed E-state index contributed by atoms with van der Waals surface area (Å²) < 4.78 is 75.3. The summed E-state index contributed by atoms with van der Waals surface area (Å²) in [5.41, 5.74) is 9.20. The van der Waals surface area contributed by atoms with Crippen molar-refractivity contribution in [3.8, 4) is 11.5 Å². The first-order valence-electron chi connectivity index (χ1n) is 13.5. The van der Waals surface area contributed by atoms with Crippen molar-refractivity contribution in [2.45, 2.75) is 38.7 Å². The fourth-order valence-electron chi connectivity index (χ4n) is 3.69. The molecule has 0 spiro atoms. The van der Waals surface area contributed by atoms with Crippen LogP contribution in [0.1, 0.15) is 34.8 Å². The second-order valence-electron chi connectivity index (χ2n) is 9.58. The van der Waals surface area contributed by atoms with Gasteiger partial charge in [0.2, 0.25) is 0 Å². The number of rotatable bonds is 12. The van der Waals surface area contributed by atoms with Crippen LogP contribution in [0.3, 0.4) is 0 Å². The van der Waals surface area contributed by atoms with Gasteiger partial charge in [0.1, 0.15) is 17.1 Å². The molecule has 0 aliphatic rings. The van der Waals surface area contributed by atoms with Crippen molar-refractivity contribution < 1.29 is 65.5 Å². The molecular formula is C29H34F6N4O8. The van der Waals surface area contributed by atoms with Crippen LogP contribution in [-0.2, 0) is 22.6 Å². The number of amides is 1. The smallest absolute Gasteiger partial charge is 0.490 e. The van der Waals surface area contributed by atoms with Crippen molar-refractivity contribution >= 4 is 34.4 Å². The summed E-state index contributed by atoms with van der Waals surface area (Å²) in [6, 6.07) is 11.2. The van der Waals surface area contributed by atoms with Gasteiger partial charge in [0, 0.05) is 29.9 Å². The number of aromatic nitrogens is 1. The predicted octanol–water partition coefficient (Wildman–Crippen LogP) is 4.43. The number of nitrogens with one attached hydrogen (secondary N) is 1. The van der Waals surface area contributed by atoms with E-state index in [2.05, 4.69) is 15.2 Å². The standard InChI is InChI=1S/C25H32N4O4.2C2HF3O2/c1-4-19-17(15-30)7-5-8-22(19)28-16-33-24-20-10-9-18(32-12-6-11-29(2)3)13-23(20)27-14-21(24)25(26)31;2*3-2(4,5)1(6)7/h5,7-10,13-14,28,30H,4,6,11-12,15-16H2,1-3H3,(H2,26,31);2*(H,6,7). The number of benzene rings is 2. The maximum absolute atomic E-state index is 12.0. The van der Waals surface area contributed by atoms with Crippen LogP contribution in [0, 0.1) is 0 Å². The molecule has 0 aliphatic carbocycles. The fraction of sp³-hybridized carbons (Fsp3) is 0.379. The molecule has 1 aromatic heterocycles. The molecule has 260 valence electrons. The summed E-state index contributed by atoms with van der Waals surface area (Å²) in [4.78, 5) is 36.3. The van der Waals surface area contributed by atoms with Gasteiger partial charge >= 0.3 is 24.3 Å². The first-order valence-corrected chi connectivity index (χ1v) is 13.5. The number of ether oxygens (including phenoxy) is 2. The number of pyridine rings is 1. The lowest BCUT2D eigenvalue weighted by Gasteiger charge is -2.17. The zero-order chi connectivity index (χ0) is 35.9. The topological polar surface area (TPSA) is 185 Å². The van der Waals surface area contributed by atoms with Gasteiger partial charge in [0.05, 0.1) is 18.7 Å². The number of alkyl halides is 6. The Morgan fingerprint density at radius 1 is 0.979 bits per heavy atom. The number of carboxylic acids is 2. The van der Waals surface area contributed by atoms with Crippen molar-refractivity contribution in [1.82, 2.24) is 9.88 Å². The number of nitrogens with two attached hydrogens (primary N) is 1. The molecule has 0 saturated heterocycles. The molecule has 3 aromatic rings. The first-order chi connectivity index (χ1) is 21.8. The molecule has 1 heterocycles. The van der Waals surface area contributed by atoms with Crippen molar-refractivity contribution in [2.75, 3.05) is 39.3 Å².